The minimum absolute atomic E-state index is 0.553. The first kappa shape index (κ1) is 16.3. The van der Waals surface area contributed by atoms with Crippen LogP contribution in [0.2, 0.25) is 0 Å². The highest BCUT2D eigenvalue weighted by Crippen LogP contribution is 2.29. The Bertz CT molecular complexity index is 422. The molecular formula is C16H23F3N2. The molecule has 1 saturated heterocycles. The van der Waals surface area contributed by atoms with E-state index in [-0.39, 0.29) is 0 Å². The third kappa shape index (κ3) is 5.32. The third-order valence-corrected chi connectivity index (χ3v) is 3.87. The Balaban J connectivity index is 1.70. The standard InChI is InChI=1S/C16H23F3N2/c1-13(12-21-8-2-3-9-21)10-20-11-14-4-6-15(7-5-14)16(17,18)19/h4-7,13,20H,2-3,8-12H2,1H3. The molecular weight excluding hydrogens is 277 g/mol. The smallest absolute Gasteiger partial charge is 0.312 e. The Labute approximate surface area is 124 Å². The first-order valence-corrected chi connectivity index (χ1v) is 7.54. The first-order valence-electron chi connectivity index (χ1n) is 7.54. The fourth-order valence-electron chi connectivity index (χ4n) is 2.75. The van der Waals surface area contributed by atoms with Gasteiger partial charge in [-0.25, -0.2) is 0 Å². The summed E-state index contributed by atoms with van der Waals surface area (Å²) < 4.78 is 37.4. The van der Waals surface area contributed by atoms with Crippen LogP contribution in [0.15, 0.2) is 24.3 Å². The molecule has 0 spiro atoms. The van der Waals surface area contributed by atoms with Gasteiger partial charge in [0, 0.05) is 13.1 Å². The molecule has 0 aliphatic carbocycles. The Hall–Kier alpha value is -1.07. The number of nitrogens with one attached hydrogen (secondary N) is 1. The van der Waals surface area contributed by atoms with Gasteiger partial charge >= 0.3 is 6.18 Å². The van der Waals surface area contributed by atoms with Gasteiger partial charge in [-0.2, -0.15) is 13.2 Å². The Morgan fingerprint density at radius 2 is 1.76 bits per heavy atom. The summed E-state index contributed by atoms with van der Waals surface area (Å²) in [6.07, 6.45) is -1.66. The highest BCUT2D eigenvalue weighted by atomic mass is 19.4. The monoisotopic (exact) mass is 300 g/mol. The molecule has 1 fully saturated rings. The Kier molecular flexibility index (Phi) is 5.65. The van der Waals surface area contributed by atoms with E-state index in [0.717, 1.165) is 30.8 Å². The number of hydrogen-bond acceptors (Lipinski definition) is 2. The lowest BCUT2D eigenvalue weighted by molar-refractivity contribution is -0.137. The molecule has 118 valence electrons. The number of halogens is 3. The average molecular weight is 300 g/mol. The molecule has 1 aliphatic rings. The van der Waals surface area contributed by atoms with Crippen molar-refractivity contribution in [2.75, 3.05) is 26.2 Å². The highest BCUT2D eigenvalue weighted by Gasteiger charge is 2.29. The second-order valence-corrected chi connectivity index (χ2v) is 5.94. The number of rotatable bonds is 6. The minimum atomic E-state index is -4.25. The second kappa shape index (κ2) is 7.27. The summed E-state index contributed by atoms with van der Waals surface area (Å²) in [5.41, 5.74) is 0.296. The molecule has 1 aromatic rings. The van der Waals surface area contributed by atoms with E-state index in [1.807, 2.05) is 0 Å². The summed E-state index contributed by atoms with van der Waals surface area (Å²) in [5, 5.41) is 3.33. The van der Waals surface area contributed by atoms with Crippen LogP contribution in [-0.2, 0) is 12.7 Å². The van der Waals surface area contributed by atoms with Gasteiger partial charge in [-0.05, 0) is 56.1 Å². The molecule has 1 N–H and O–H groups in total. The van der Waals surface area contributed by atoms with Gasteiger partial charge in [-0.15, -0.1) is 0 Å². The third-order valence-electron chi connectivity index (χ3n) is 3.87. The Morgan fingerprint density at radius 3 is 2.33 bits per heavy atom. The minimum Gasteiger partial charge on any atom is -0.312 e. The molecule has 1 aromatic carbocycles. The van der Waals surface area contributed by atoms with Crippen molar-refractivity contribution >= 4 is 0 Å². The molecule has 1 aliphatic heterocycles. The zero-order chi connectivity index (χ0) is 15.3. The van der Waals surface area contributed by atoms with Crippen molar-refractivity contribution in [3.63, 3.8) is 0 Å². The topological polar surface area (TPSA) is 15.3 Å². The maximum atomic E-state index is 12.5. The van der Waals surface area contributed by atoms with Gasteiger partial charge in [0.25, 0.3) is 0 Å². The predicted molar refractivity (Wildman–Crippen MR) is 78.0 cm³/mol. The van der Waals surface area contributed by atoms with Crippen molar-refractivity contribution in [1.82, 2.24) is 10.2 Å². The largest absolute Gasteiger partial charge is 0.416 e. The Morgan fingerprint density at radius 1 is 1.14 bits per heavy atom. The van der Waals surface area contributed by atoms with Crippen molar-refractivity contribution in [2.24, 2.45) is 5.92 Å². The van der Waals surface area contributed by atoms with E-state index < -0.39 is 11.7 Å². The zero-order valence-corrected chi connectivity index (χ0v) is 12.4. The van der Waals surface area contributed by atoms with Gasteiger partial charge in [-0.1, -0.05) is 19.1 Å². The fraction of sp³-hybridized carbons (Fsp3) is 0.625. The fourth-order valence-corrected chi connectivity index (χ4v) is 2.75. The van der Waals surface area contributed by atoms with Crippen molar-refractivity contribution in [2.45, 2.75) is 32.5 Å². The number of hydrogen-bond donors (Lipinski definition) is 1. The summed E-state index contributed by atoms with van der Waals surface area (Å²) in [5.74, 6) is 0.553. The normalized spacial score (nSPS) is 18.1. The van der Waals surface area contributed by atoms with Gasteiger partial charge in [0.15, 0.2) is 0 Å². The summed E-state index contributed by atoms with van der Waals surface area (Å²) in [6.45, 7) is 7.20. The maximum absolute atomic E-state index is 12.5. The molecule has 2 nitrogen and oxygen atoms in total. The average Bonchev–Trinajstić information content (AvgIpc) is 2.91. The molecule has 1 atom stereocenters. The van der Waals surface area contributed by atoms with E-state index in [4.69, 9.17) is 0 Å². The summed E-state index contributed by atoms with van der Waals surface area (Å²) in [6, 6.07) is 5.37. The van der Waals surface area contributed by atoms with Crippen LogP contribution in [-0.4, -0.2) is 31.1 Å². The van der Waals surface area contributed by atoms with Crippen LogP contribution in [0.3, 0.4) is 0 Å². The molecule has 0 saturated carbocycles. The molecule has 2 rings (SSSR count). The van der Waals surface area contributed by atoms with Gasteiger partial charge in [0.05, 0.1) is 5.56 Å². The SMILES string of the molecule is CC(CNCc1ccc(C(F)(F)F)cc1)CN1CCCC1. The molecule has 21 heavy (non-hydrogen) atoms. The quantitative estimate of drug-likeness (QED) is 0.864. The van der Waals surface area contributed by atoms with E-state index in [1.54, 1.807) is 12.1 Å². The van der Waals surface area contributed by atoms with Crippen LogP contribution in [0.25, 0.3) is 0 Å². The second-order valence-electron chi connectivity index (χ2n) is 5.94. The van der Waals surface area contributed by atoms with Crippen molar-refractivity contribution in [3.05, 3.63) is 35.4 Å². The summed E-state index contributed by atoms with van der Waals surface area (Å²) in [7, 11) is 0. The lowest BCUT2D eigenvalue weighted by Crippen LogP contribution is -2.31. The van der Waals surface area contributed by atoms with Gasteiger partial charge in [-0.3, -0.25) is 0 Å². The van der Waals surface area contributed by atoms with Crippen molar-refractivity contribution < 1.29 is 13.2 Å². The van der Waals surface area contributed by atoms with E-state index >= 15 is 0 Å². The van der Waals surface area contributed by atoms with Gasteiger partial charge in [0.2, 0.25) is 0 Å². The van der Waals surface area contributed by atoms with Crippen LogP contribution in [0.4, 0.5) is 13.2 Å². The number of nitrogens with zero attached hydrogens (tertiary/aromatic N) is 1. The molecule has 1 heterocycles. The predicted octanol–water partition coefficient (Wildman–Crippen LogP) is 3.53. The molecule has 0 radical (unpaired) electrons. The van der Waals surface area contributed by atoms with Crippen LogP contribution in [0, 0.1) is 5.92 Å². The molecule has 1 unspecified atom stereocenters. The van der Waals surface area contributed by atoms with Gasteiger partial charge < -0.3 is 10.2 Å². The van der Waals surface area contributed by atoms with E-state index in [1.165, 1.54) is 25.9 Å². The lowest BCUT2D eigenvalue weighted by atomic mass is 10.1. The first-order chi connectivity index (χ1) is 9.95. The molecule has 5 heteroatoms. The van der Waals surface area contributed by atoms with E-state index in [9.17, 15) is 13.2 Å². The zero-order valence-electron chi connectivity index (χ0n) is 12.4. The molecule has 0 amide bonds. The van der Waals surface area contributed by atoms with Crippen LogP contribution < -0.4 is 5.32 Å². The van der Waals surface area contributed by atoms with E-state index in [0.29, 0.717) is 12.5 Å². The number of benzene rings is 1. The van der Waals surface area contributed by atoms with Crippen LogP contribution in [0.1, 0.15) is 30.9 Å². The number of alkyl halides is 3. The maximum Gasteiger partial charge on any atom is 0.416 e. The molecule has 0 aromatic heterocycles. The number of likely N-dealkylation sites (tertiary alicyclic amines) is 1. The van der Waals surface area contributed by atoms with Crippen molar-refractivity contribution in [3.8, 4) is 0 Å². The van der Waals surface area contributed by atoms with Crippen molar-refractivity contribution in [1.29, 1.82) is 0 Å². The molecule has 0 bridgehead atoms. The van der Waals surface area contributed by atoms with Crippen LogP contribution in [0.5, 0.6) is 0 Å². The summed E-state index contributed by atoms with van der Waals surface area (Å²) in [4.78, 5) is 2.48. The van der Waals surface area contributed by atoms with E-state index in [2.05, 4.69) is 17.1 Å². The van der Waals surface area contributed by atoms with Crippen LogP contribution >= 0.6 is 0 Å². The highest BCUT2D eigenvalue weighted by molar-refractivity contribution is 5.24. The summed E-state index contributed by atoms with van der Waals surface area (Å²) >= 11 is 0. The van der Waals surface area contributed by atoms with Gasteiger partial charge in [0.1, 0.15) is 0 Å². The lowest BCUT2D eigenvalue weighted by Gasteiger charge is -2.20.